The summed E-state index contributed by atoms with van der Waals surface area (Å²) in [7, 11) is 3.70. The molecule has 1 aromatic rings. The highest BCUT2D eigenvalue weighted by atomic mass is 16.4. The number of carboxylic acid groups (broad SMARTS) is 1. The van der Waals surface area contributed by atoms with Crippen LogP contribution in [0.1, 0.15) is 23.0 Å². The van der Waals surface area contributed by atoms with Crippen LogP contribution in [0.4, 0.5) is 10.6 Å². The Morgan fingerprint density at radius 2 is 2.05 bits per heavy atom. The Hall–Kier alpha value is -2.15. The van der Waals surface area contributed by atoms with Crippen molar-refractivity contribution in [1.29, 1.82) is 0 Å². The summed E-state index contributed by atoms with van der Waals surface area (Å²) in [4.78, 5) is 28.5. The minimum Gasteiger partial charge on any atom is -0.465 e. The molecular formula is C12H18N4O3. The maximum atomic E-state index is 11.9. The van der Waals surface area contributed by atoms with Crippen LogP contribution in [0.25, 0.3) is 0 Å². The molecule has 0 fully saturated rings. The summed E-state index contributed by atoms with van der Waals surface area (Å²) >= 11 is 0. The Bertz CT molecular complexity index is 474. The molecule has 0 aliphatic carbocycles. The lowest BCUT2D eigenvalue weighted by molar-refractivity contribution is 0.0953. The van der Waals surface area contributed by atoms with Crippen LogP contribution in [-0.2, 0) is 6.54 Å². The summed E-state index contributed by atoms with van der Waals surface area (Å²) in [6.07, 6.45) is -1.19. The van der Waals surface area contributed by atoms with Crippen LogP contribution in [0.15, 0.2) is 12.1 Å². The first-order chi connectivity index (χ1) is 8.93. The molecule has 0 atom stereocenters. The highest BCUT2D eigenvalue weighted by Gasteiger charge is 2.14. The van der Waals surface area contributed by atoms with E-state index in [-0.39, 0.29) is 11.7 Å². The van der Waals surface area contributed by atoms with Crippen LogP contribution < -0.4 is 10.6 Å². The molecule has 1 heterocycles. The highest BCUT2D eigenvalue weighted by Crippen LogP contribution is 2.13. The lowest BCUT2D eigenvalue weighted by Gasteiger charge is -2.14. The van der Waals surface area contributed by atoms with E-state index in [0.717, 1.165) is 0 Å². The zero-order valence-corrected chi connectivity index (χ0v) is 11.2. The number of nitrogens with one attached hydrogen (secondary N) is 2. The molecular weight excluding hydrogens is 248 g/mol. The number of nitrogens with zero attached hydrogens (tertiary/aromatic N) is 2. The van der Waals surface area contributed by atoms with E-state index in [4.69, 9.17) is 5.11 Å². The van der Waals surface area contributed by atoms with Crippen molar-refractivity contribution in [3.05, 3.63) is 23.4 Å². The van der Waals surface area contributed by atoms with Crippen LogP contribution in [-0.4, -0.2) is 47.6 Å². The Morgan fingerprint density at radius 3 is 2.58 bits per heavy atom. The van der Waals surface area contributed by atoms with Crippen molar-refractivity contribution >= 4 is 17.8 Å². The van der Waals surface area contributed by atoms with Gasteiger partial charge < -0.3 is 15.3 Å². The molecule has 0 bridgehead atoms. The van der Waals surface area contributed by atoms with Gasteiger partial charge in [-0.2, -0.15) is 0 Å². The van der Waals surface area contributed by atoms with Crippen molar-refractivity contribution < 1.29 is 14.7 Å². The molecule has 0 saturated carbocycles. The molecule has 0 spiro atoms. The van der Waals surface area contributed by atoms with Crippen molar-refractivity contribution in [2.75, 3.05) is 26.0 Å². The lowest BCUT2D eigenvalue weighted by atomic mass is 10.1. The van der Waals surface area contributed by atoms with E-state index >= 15 is 0 Å². The summed E-state index contributed by atoms with van der Waals surface area (Å²) in [6, 6.07) is 3.04. The largest absolute Gasteiger partial charge is 0.465 e. The maximum absolute atomic E-state index is 11.9. The fourth-order valence-corrected chi connectivity index (χ4v) is 1.56. The Labute approximate surface area is 111 Å². The van der Waals surface area contributed by atoms with E-state index in [1.807, 2.05) is 25.9 Å². The van der Waals surface area contributed by atoms with E-state index in [9.17, 15) is 9.59 Å². The number of hydrogen-bond donors (Lipinski definition) is 3. The second-order valence-corrected chi connectivity index (χ2v) is 4.22. The quantitative estimate of drug-likeness (QED) is 0.738. The first kappa shape index (κ1) is 14.9. The van der Waals surface area contributed by atoms with Gasteiger partial charge in [-0.3, -0.25) is 10.1 Å². The van der Waals surface area contributed by atoms with E-state index in [2.05, 4.69) is 15.6 Å². The number of pyridine rings is 1. The second-order valence-electron chi connectivity index (χ2n) is 4.22. The third-order valence-electron chi connectivity index (χ3n) is 2.26. The first-order valence-electron chi connectivity index (χ1n) is 5.86. The molecule has 0 radical (unpaired) electrons. The van der Waals surface area contributed by atoms with Crippen molar-refractivity contribution in [1.82, 2.24) is 15.2 Å². The molecule has 0 aliphatic rings. The third-order valence-corrected chi connectivity index (χ3v) is 2.26. The zero-order valence-electron chi connectivity index (χ0n) is 11.2. The van der Waals surface area contributed by atoms with E-state index in [1.54, 1.807) is 6.07 Å². The number of hydrogen-bond acceptors (Lipinski definition) is 4. The van der Waals surface area contributed by atoms with E-state index in [0.29, 0.717) is 24.3 Å². The van der Waals surface area contributed by atoms with Crippen LogP contribution in [0, 0.1) is 0 Å². The standard InChI is InChI=1S/C12H18N4O3/c1-4-13-11(17)8-5-6-10(15-12(18)19)14-9(8)7-16(2)3/h5-6H,4,7H2,1-3H3,(H,13,17)(H,14,15)(H,18,19). The number of carbonyl (C=O) groups is 2. The van der Waals surface area contributed by atoms with Gasteiger partial charge in [0, 0.05) is 13.1 Å². The fourth-order valence-electron chi connectivity index (χ4n) is 1.56. The third kappa shape index (κ3) is 4.55. The van der Waals surface area contributed by atoms with Gasteiger partial charge in [0.2, 0.25) is 0 Å². The van der Waals surface area contributed by atoms with Gasteiger partial charge in [-0.15, -0.1) is 0 Å². The van der Waals surface area contributed by atoms with E-state index in [1.165, 1.54) is 6.07 Å². The van der Waals surface area contributed by atoms with Crippen LogP contribution in [0.2, 0.25) is 0 Å². The monoisotopic (exact) mass is 266 g/mol. The van der Waals surface area contributed by atoms with Crippen LogP contribution >= 0.6 is 0 Å². The zero-order chi connectivity index (χ0) is 14.4. The Kier molecular flexibility index (Phi) is 5.25. The Balaban J connectivity index is 3.08. The van der Waals surface area contributed by atoms with Gasteiger partial charge in [0.05, 0.1) is 11.3 Å². The molecule has 2 amide bonds. The van der Waals surface area contributed by atoms with Gasteiger partial charge in [-0.1, -0.05) is 0 Å². The predicted molar refractivity (Wildman–Crippen MR) is 71.3 cm³/mol. The molecule has 0 aliphatic heterocycles. The molecule has 7 nitrogen and oxygen atoms in total. The van der Waals surface area contributed by atoms with Crippen molar-refractivity contribution in [3.63, 3.8) is 0 Å². The van der Waals surface area contributed by atoms with Crippen LogP contribution in [0.3, 0.4) is 0 Å². The predicted octanol–water partition coefficient (Wildman–Crippen LogP) is 0.983. The topological polar surface area (TPSA) is 94.6 Å². The summed E-state index contributed by atoms with van der Waals surface area (Å²) < 4.78 is 0. The molecule has 104 valence electrons. The molecule has 0 unspecified atom stereocenters. The molecule has 7 heteroatoms. The minimum absolute atomic E-state index is 0.206. The van der Waals surface area contributed by atoms with Gasteiger partial charge in [0.1, 0.15) is 5.82 Å². The number of anilines is 1. The van der Waals surface area contributed by atoms with Gasteiger partial charge in [0.15, 0.2) is 0 Å². The molecule has 1 aromatic heterocycles. The summed E-state index contributed by atoms with van der Waals surface area (Å²) in [5.41, 5.74) is 0.980. The van der Waals surface area contributed by atoms with Gasteiger partial charge >= 0.3 is 6.09 Å². The molecule has 19 heavy (non-hydrogen) atoms. The van der Waals surface area contributed by atoms with Crippen molar-refractivity contribution in [2.45, 2.75) is 13.5 Å². The maximum Gasteiger partial charge on any atom is 0.410 e. The molecule has 3 N–H and O–H groups in total. The van der Waals surface area contributed by atoms with Crippen LogP contribution in [0.5, 0.6) is 0 Å². The van der Waals surface area contributed by atoms with E-state index < -0.39 is 6.09 Å². The van der Waals surface area contributed by atoms with Gasteiger partial charge in [-0.25, -0.2) is 9.78 Å². The molecule has 0 aromatic carbocycles. The number of carbonyl (C=O) groups excluding carboxylic acids is 1. The highest BCUT2D eigenvalue weighted by molar-refractivity contribution is 5.95. The Morgan fingerprint density at radius 1 is 1.37 bits per heavy atom. The molecule has 0 saturated heterocycles. The average molecular weight is 266 g/mol. The number of rotatable bonds is 5. The van der Waals surface area contributed by atoms with Crippen molar-refractivity contribution in [3.8, 4) is 0 Å². The second kappa shape index (κ2) is 6.69. The fraction of sp³-hybridized carbons (Fsp3) is 0.417. The number of aromatic nitrogens is 1. The minimum atomic E-state index is -1.19. The number of amides is 2. The van der Waals surface area contributed by atoms with Gasteiger partial charge in [0.25, 0.3) is 5.91 Å². The molecule has 1 rings (SSSR count). The van der Waals surface area contributed by atoms with Gasteiger partial charge in [-0.05, 0) is 33.2 Å². The van der Waals surface area contributed by atoms with Crippen molar-refractivity contribution in [2.24, 2.45) is 0 Å². The first-order valence-corrected chi connectivity index (χ1v) is 5.86. The summed E-state index contributed by atoms with van der Waals surface area (Å²) in [5.74, 6) is -0.00822. The normalized spacial score (nSPS) is 10.3. The summed E-state index contributed by atoms with van der Waals surface area (Å²) in [5, 5.41) is 13.5. The average Bonchev–Trinajstić information content (AvgIpc) is 2.27. The lowest BCUT2D eigenvalue weighted by Crippen LogP contribution is -2.26. The summed E-state index contributed by atoms with van der Waals surface area (Å²) in [6.45, 7) is 2.80. The smallest absolute Gasteiger partial charge is 0.410 e. The SMILES string of the molecule is CCNC(=O)c1ccc(NC(=O)O)nc1CN(C)C.